The number of benzene rings is 2. The minimum atomic E-state index is -0.551. The fourth-order valence-corrected chi connectivity index (χ4v) is 4.04. The van der Waals surface area contributed by atoms with Gasteiger partial charge in [0.15, 0.2) is 0 Å². The SMILES string of the molecule is CC(=O)NC[C@H]1CN(c2ccc(-c3ccc(CN(C)CC4=CC[N-]C=C4)cc3)c(F)c2)C(=O)O1. The average Bonchev–Trinajstić information content (AvgIpc) is 3.19. The Morgan fingerprint density at radius 1 is 1.24 bits per heavy atom. The van der Waals surface area contributed by atoms with Crippen molar-refractivity contribution in [2.24, 2.45) is 0 Å². The van der Waals surface area contributed by atoms with Crippen LogP contribution in [-0.4, -0.2) is 56.2 Å². The number of amides is 2. The molecular formula is C26H28FN4O3-. The molecule has 178 valence electrons. The number of halogens is 1. The highest BCUT2D eigenvalue weighted by Gasteiger charge is 2.32. The molecule has 2 aromatic carbocycles. The number of carbonyl (C=O) groups excluding carboxylic acids is 2. The predicted molar refractivity (Wildman–Crippen MR) is 130 cm³/mol. The van der Waals surface area contributed by atoms with Gasteiger partial charge in [0.05, 0.1) is 18.8 Å². The standard InChI is InChI=1S/C26H28FN4O3/c1-18(32)29-14-23-17-31(26(33)34-23)22-7-8-24(25(27)13-22)21-5-3-19(4-6-21)15-30(2)16-20-9-11-28-12-10-20/h3-11,13,23H,12,14-17H2,1-2H3,(H,29,32)/q-1/t23-/m0/s1. The van der Waals surface area contributed by atoms with Crippen LogP contribution in [0.15, 0.2) is 66.4 Å². The van der Waals surface area contributed by atoms with Crippen molar-refractivity contribution in [3.05, 3.63) is 83.1 Å². The molecule has 34 heavy (non-hydrogen) atoms. The first kappa shape index (κ1) is 23.5. The van der Waals surface area contributed by atoms with Crippen LogP contribution in [-0.2, 0) is 16.1 Å². The number of nitrogens with one attached hydrogen (secondary N) is 1. The Kier molecular flexibility index (Phi) is 7.27. The Bertz CT molecular complexity index is 1110. The van der Waals surface area contributed by atoms with Gasteiger partial charge in [-0.1, -0.05) is 36.4 Å². The molecular weight excluding hydrogens is 435 g/mol. The van der Waals surface area contributed by atoms with Crippen molar-refractivity contribution in [2.75, 3.05) is 38.1 Å². The predicted octanol–water partition coefficient (Wildman–Crippen LogP) is 4.21. The quantitative estimate of drug-likeness (QED) is 0.636. The second-order valence-corrected chi connectivity index (χ2v) is 8.55. The van der Waals surface area contributed by atoms with Gasteiger partial charge in [-0.2, -0.15) is 6.20 Å². The third kappa shape index (κ3) is 5.82. The van der Waals surface area contributed by atoms with Gasteiger partial charge < -0.3 is 15.4 Å². The van der Waals surface area contributed by atoms with Crippen molar-refractivity contribution in [1.82, 2.24) is 10.2 Å². The molecule has 1 atom stereocenters. The van der Waals surface area contributed by atoms with Crippen LogP contribution in [0.3, 0.4) is 0 Å². The van der Waals surface area contributed by atoms with Gasteiger partial charge in [-0.05, 0) is 41.9 Å². The number of ether oxygens (including phenoxy) is 1. The molecule has 0 spiro atoms. The number of rotatable bonds is 8. The van der Waals surface area contributed by atoms with Crippen molar-refractivity contribution in [2.45, 2.75) is 19.6 Å². The van der Waals surface area contributed by atoms with Crippen LogP contribution in [0.4, 0.5) is 14.9 Å². The topological polar surface area (TPSA) is 76.0 Å². The maximum absolute atomic E-state index is 15.0. The highest BCUT2D eigenvalue weighted by molar-refractivity contribution is 5.90. The zero-order valence-corrected chi connectivity index (χ0v) is 19.3. The maximum atomic E-state index is 15.0. The van der Waals surface area contributed by atoms with E-state index in [0.717, 1.165) is 30.8 Å². The van der Waals surface area contributed by atoms with Crippen LogP contribution >= 0.6 is 0 Å². The number of carbonyl (C=O) groups is 2. The fourth-order valence-electron chi connectivity index (χ4n) is 4.04. The summed E-state index contributed by atoms with van der Waals surface area (Å²) in [6.45, 7) is 4.23. The molecule has 2 heterocycles. The Labute approximate surface area is 198 Å². The summed E-state index contributed by atoms with van der Waals surface area (Å²) in [7, 11) is 2.07. The average molecular weight is 464 g/mol. The van der Waals surface area contributed by atoms with Crippen LogP contribution in [0.1, 0.15) is 12.5 Å². The molecule has 0 aromatic heterocycles. The Hall–Kier alpha value is -3.65. The van der Waals surface area contributed by atoms with Gasteiger partial charge in [0.25, 0.3) is 0 Å². The molecule has 0 bridgehead atoms. The lowest BCUT2D eigenvalue weighted by atomic mass is 10.0. The van der Waals surface area contributed by atoms with Gasteiger partial charge in [-0.25, -0.2) is 9.18 Å². The van der Waals surface area contributed by atoms with E-state index in [1.165, 1.54) is 23.5 Å². The number of cyclic esters (lactones) is 1. The molecule has 0 aliphatic carbocycles. The number of anilines is 1. The highest BCUT2D eigenvalue weighted by atomic mass is 19.1. The van der Waals surface area contributed by atoms with Crippen molar-refractivity contribution in [3.63, 3.8) is 0 Å². The van der Waals surface area contributed by atoms with E-state index in [1.807, 2.05) is 36.5 Å². The molecule has 1 fully saturated rings. The van der Waals surface area contributed by atoms with Crippen molar-refractivity contribution >= 4 is 17.7 Å². The summed E-state index contributed by atoms with van der Waals surface area (Å²) in [5.74, 6) is -0.612. The molecule has 8 heteroatoms. The van der Waals surface area contributed by atoms with E-state index in [4.69, 9.17) is 4.74 Å². The molecule has 2 amide bonds. The number of hydrogen-bond acceptors (Lipinski definition) is 4. The van der Waals surface area contributed by atoms with E-state index in [-0.39, 0.29) is 19.0 Å². The van der Waals surface area contributed by atoms with Crippen molar-refractivity contribution in [3.8, 4) is 11.1 Å². The van der Waals surface area contributed by atoms with Crippen LogP contribution in [0, 0.1) is 5.82 Å². The monoisotopic (exact) mass is 463 g/mol. The zero-order valence-electron chi connectivity index (χ0n) is 19.3. The lowest BCUT2D eigenvalue weighted by molar-refractivity contribution is -0.119. The van der Waals surface area contributed by atoms with Gasteiger partial charge in [0.1, 0.15) is 11.9 Å². The molecule has 2 aliphatic heterocycles. The summed E-state index contributed by atoms with van der Waals surface area (Å²) < 4.78 is 20.2. The van der Waals surface area contributed by atoms with Gasteiger partial charge in [-0.3, -0.25) is 14.6 Å². The number of hydrogen-bond donors (Lipinski definition) is 1. The molecule has 2 aliphatic rings. The van der Waals surface area contributed by atoms with Gasteiger partial charge >= 0.3 is 6.09 Å². The summed E-state index contributed by atoms with van der Waals surface area (Å²) in [5.41, 5.74) is 4.04. The Morgan fingerprint density at radius 2 is 2.03 bits per heavy atom. The zero-order chi connectivity index (χ0) is 24.1. The molecule has 4 rings (SSSR count). The number of likely N-dealkylation sites (N-methyl/N-ethyl adjacent to an activating group) is 1. The fraction of sp³-hybridized carbons (Fsp3) is 0.308. The van der Waals surface area contributed by atoms with Crippen LogP contribution < -0.4 is 10.2 Å². The molecule has 0 radical (unpaired) electrons. The first-order chi connectivity index (χ1) is 16.4. The lowest BCUT2D eigenvalue weighted by Gasteiger charge is -2.23. The van der Waals surface area contributed by atoms with E-state index in [9.17, 15) is 14.0 Å². The van der Waals surface area contributed by atoms with Crippen LogP contribution in [0.5, 0.6) is 0 Å². The van der Waals surface area contributed by atoms with Crippen molar-refractivity contribution in [1.29, 1.82) is 0 Å². The first-order valence-corrected chi connectivity index (χ1v) is 11.2. The van der Waals surface area contributed by atoms with Gasteiger partial charge in [-0.15, -0.1) is 6.54 Å². The summed E-state index contributed by atoms with van der Waals surface area (Å²) in [4.78, 5) is 26.9. The lowest BCUT2D eigenvalue weighted by Crippen LogP contribution is -2.33. The van der Waals surface area contributed by atoms with Crippen molar-refractivity contribution < 1.29 is 18.7 Å². The van der Waals surface area contributed by atoms with E-state index in [1.54, 1.807) is 12.1 Å². The van der Waals surface area contributed by atoms with E-state index >= 15 is 0 Å². The van der Waals surface area contributed by atoms with E-state index in [0.29, 0.717) is 11.3 Å². The molecule has 0 saturated carbocycles. The smallest absolute Gasteiger partial charge is 0.414 e. The van der Waals surface area contributed by atoms with Crippen LogP contribution in [0.25, 0.3) is 16.4 Å². The first-order valence-electron chi connectivity index (χ1n) is 11.2. The van der Waals surface area contributed by atoms with Crippen LogP contribution in [0.2, 0.25) is 0 Å². The second kappa shape index (κ2) is 10.5. The molecule has 0 unspecified atom stereocenters. The Balaban J connectivity index is 1.39. The second-order valence-electron chi connectivity index (χ2n) is 8.55. The third-order valence-corrected chi connectivity index (χ3v) is 5.74. The van der Waals surface area contributed by atoms with Gasteiger partial charge in [0.2, 0.25) is 5.91 Å². The minimum absolute atomic E-state index is 0.197. The summed E-state index contributed by atoms with van der Waals surface area (Å²) in [6, 6.07) is 12.6. The summed E-state index contributed by atoms with van der Waals surface area (Å²) in [6.07, 6.45) is 4.97. The van der Waals surface area contributed by atoms with Gasteiger partial charge in [0, 0.05) is 25.6 Å². The molecule has 1 saturated heterocycles. The highest BCUT2D eigenvalue weighted by Crippen LogP contribution is 2.29. The normalized spacial score (nSPS) is 17.4. The Morgan fingerprint density at radius 3 is 2.71 bits per heavy atom. The summed E-state index contributed by atoms with van der Waals surface area (Å²) in [5, 5.41) is 6.80. The molecule has 2 aromatic rings. The van der Waals surface area contributed by atoms with E-state index in [2.05, 4.69) is 28.7 Å². The maximum Gasteiger partial charge on any atom is 0.414 e. The number of nitrogens with zero attached hydrogens (tertiary/aromatic N) is 3. The van der Waals surface area contributed by atoms with E-state index < -0.39 is 18.0 Å². The minimum Gasteiger partial charge on any atom is -0.687 e. The molecule has 1 N–H and O–H groups in total. The summed E-state index contributed by atoms with van der Waals surface area (Å²) >= 11 is 0. The third-order valence-electron chi connectivity index (χ3n) is 5.74. The largest absolute Gasteiger partial charge is 0.687 e. The molecule has 7 nitrogen and oxygen atoms in total.